The molecule has 1 fully saturated rings. The van der Waals surface area contributed by atoms with E-state index in [0.717, 1.165) is 0 Å². The van der Waals surface area contributed by atoms with Crippen LogP contribution in [0.5, 0.6) is 0 Å². The summed E-state index contributed by atoms with van der Waals surface area (Å²) in [5.74, 6) is 0.613. The number of hydroxylamine groups is 1. The molecule has 0 aromatic heterocycles. The zero-order valence-electron chi connectivity index (χ0n) is 10.3. The average Bonchev–Trinajstić information content (AvgIpc) is 3.21. The fourth-order valence-electron chi connectivity index (χ4n) is 2.20. The summed E-state index contributed by atoms with van der Waals surface area (Å²) in [5, 5.41) is 0. The van der Waals surface area contributed by atoms with Gasteiger partial charge in [-0.05, 0) is 17.5 Å². The minimum atomic E-state index is 0.469. The zero-order chi connectivity index (χ0) is 12.2. The van der Waals surface area contributed by atoms with E-state index in [-0.39, 0.29) is 0 Å². The largest absolute Gasteiger partial charge is 0.297 e. The number of hydrogen-bond donors (Lipinski definition) is 1. The Morgan fingerprint density at radius 1 is 0.944 bits per heavy atom. The maximum atomic E-state index is 5.55. The molecule has 2 nitrogen and oxygen atoms in total. The molecule has 0 spiro atoms. The van der Waals surface area contributed by atoms with Gasteiger partial charge in [-0.15, -0.1) is 0 Å². The van der Waals surface area contributed by atoms with Gasteiger partial charge in [0.1, 0.15) is 0 Å². The number of rotatable bonds is 5. The summed E-state index contributed by atoms with van der Waals surface area (Å²) in [6.45, 7) is 0.624. The Hall–Kier alpha value is -1.64. The van der Waals surface area contributed by atoms with Crippen molar-refractivity contribution in [1.82, 2.24) is 5.48 Å². The Kier molecular flexibility index (Phi) is 3.40. The zero-order valence-corrected chi connectivity index (χ0v) is 10.3. The Balaban J connectivity index is 1.44. The second kappa shape index (κ2) is 5.34. The topological polar surface area (TPSA) is 21.3 Å². The molecule has 0 amide bonds. The molecule has 1 saturated carbocycles. The van der Waals surface area contributed by atoms with Gasteiger partial charge in [0.2, 0.25) is 0 Å². The van der Waals surface area contributed by atoms with Gasteiger partial charge in [-0.1, -0.05) is 60.7 Å². The Morgan fingerprint density at radius 2 is 1.61 bits per heavy atom. The first-order valence-corrected chi connectivity index (χ1v) is 6.39. The van der Waals surface area contributed by atoms with E-state index in [4.69, 9.17) is 4.84 Å². The predicted molar refractivity (Wildman–Crippen MR) is 72.0 cm³/mol. The van der Waals surface area contributed by atoms with E-state index in [1.807, 2.05) is 18.2 Å². The smallest absolute Gasteiger partial charge is 0.0933 e. The van der Waals surface area contributed by atoms with Crippen LogP contribution >= 0.6 is 0 Å². The van der Waals surface area contributed by atoms with Gasteiger partial charge in [-0.2, -0.15) is 5.48 Å². The average molecular weight is 239 g/mol. The van der Waals surface area contributed by atoms with Crippen LogP contribution in [0, 0.1) is 0 Å². The lowest BCUT2D eigenvalue weighted by Crippen LogP contribution is -2.18. The molecule has 1 aliphatic carbocycles. The molecule has 0 bridgehead atoms. The molecule has 0 aliphatic heterocycles. The van der Waals surface area contributed by atoms with Crippen molar-refractivity contribution >= 4 is 0 Å². The molecule has 92 valence electrons. The van der Waals surface area contributed by atoms with Crippen LogP contribution in [0.15, 0.2) is 60.7 Å². The Bertz CT molecular complexity index is 483. The van der Waals surface area contributed by atoms with Gasteiger partial charge < -0.3 is 0 Å². The quantitative estimate of drug-likeness (QED) is 0.809. The first kappa shape index (κ1) is 11.5. The molecule has 1 aliphatic rings. The van der Waals surface area contributed by atoms with Crippen molar-refractivity contribution in [3.63, 3.8) is 0 Å². The molecule has 0 radical (unpaired) electrons. The lowest BCUT2D eigenvalue weighted by molar-refractivity contribution is 0.0222. The van der Waals surface area contributed by atoms with Crippen LogP contribution in [0.3, 0.4) is 0 Å². The first-order chi connectivity index (χ1) is 8.93. The van der Waals surface area contributed by atoms with E-state index in [1.54, 1.807) is 0 Å². The second-order valence-corrected chi connectivity index (χ2v) is 4.75. The molecule has 2 atom stereocenters. The molecule has 1 N–H and O–H groups in total. The normalized spacial score (nSPS) is 21.8. The lowest BCUT2D eigenvalue weighted by Gasteiger charge is -2.05. The van der Waals surface area contributed by atoms with Gasteiger partial charge in [-0.3, -0.25) is 4.84 Å². The van der Waals surface area contributed by atoms with Crippen molar-refractivity contribution in [1.29, 1.82) is 0 Å². The Morgan fingerprint density at radius 3 is 2.33 bits per heavy atom. The van der Waals surface area contributed by atoms with Gasteiger partial charge in [0, 0.05) is 12.0 Å². The van der Waals surface area contributed by atoms with Crippen LogP contribution in [0.4, 0.5) is 0 Å². The monoisotopic (exact) mass is 239 g/mol. The minimum Gasteiger partial charge on any atom is -0.297 e. The van der Waals surface area contributed by atoms with Crippen molar-refractivity contribution in [2.45, 2.75) is 25.0 Å². The van der Waals surface area contributed by atoms with E-state index in [1.165, 1.54) is 17.5 Å². The second-order valence-electron chi connectivity index (χ2n) is 4.75. The lowest BCUT2D eigenvalue weighted by atomic mass is 10.1. The summed E-state index contributed by atoms with van der Waals surface area (Å²) in [6, 6.07) is 21.3. The summed E-state index contributed by atoms with van der Waals surface area (Å²) in [5.41, 5.74) is 5.75. The van der Waals surface area contributed by atoms with Crippen LogP contribution in [0.2, 0.25) is 0 Å². The molecular formula is C16H17NO. The van der Waals surface area contributed by atoms with E-state index in [2.05, 4.69) is 47.9 Å². The number of nitrogens with one attached hydrogen (secondary N) is 1. The van der Waals surface area contributed by atoms with Gasteiger partial charge in [0.25, 0.3) is 0 Å². The highest BCUT2D eigenvalue weighted by atomic mass is 16.6. The van der Waals surface area contributed by atoms with E-state index in [9.17, 15) is 0 Å². The molecule has 0 heterocycles. The molecule has 3 rings (SSSR count). The first-order valence-electron chi connectivity index (χ1n) is 6.39. The maximum Gasteiger partial charge on any atom is 0.0933 e. The third-order valence-electron chi connectivity index (χ3n) is 3.33. The molecule has 2 heteroatoms. The summed E-state index contributed by atoms with van der Waals surface area (Å²) in [4.78, 5) is 5.55. The van der Waals surface area contributed by atoms with Crippen molar-refractivity contribution in [2.24, 2.45) is 0 Å². The molecule has 18 heavy (non-hydrogen) atoms. The number of hydrogen-bond acceptors (Lipinski definition) is 2. The standard InChI is InChI=1S/C16H17NO/c1-3-7-13(8-4-1)12-18-17-16-11-15(16)14-9-5-2-6-10-14/h1-10,15-17H,11-12H2. The third kappa shape index (κ3) is 2.78. The highest BCUT2D eigenvalue weighted by Crippen LogP contribution is 2.40. The van der Waals surface area contributed by atoms with Gasteiger partial charge in [0.15, 0.2) is 0 Å². The maximum absolute atomic E-state index is 5.55. The molecule has 0 saturated heterocycles. The Labute approximate surface area is 108 Å². The van der Waals surface area contributed by atoms with Crippen molar-refractivity contribution in [3.8, 4) is 0 Å². The van der Waals surface area contributed by atoms with Crippen LogP contribution in [0.25, 0.3) is 0 Å². The van der Waals surface area contributed by atoms with E-state index in [0.29, 0.717) is 18.6 Å². The van der Waals surface area contributed by atoms with Crippen molar-refractivity contribution in [3.05, 3.63) is 71.8 Å². The highest BCUT2D eigenvalue weighted by molar-refractivity contribution is 5.27. The molecular weight excluding hydrogens is 222 g/mol. The minimum absolute atomic E-state index is 0.469. The van der Waals surface area contributed by atoms with Crippen LogP contribution in [-0.2, 0) is 11.4 Å². The van der Waals surface area contributed by atoms with Gasteiger partial charge in [-0.25, -0.2) is 0 Å². The fourth-order valence-corrected chi connectivity index (χ4v) is 2.20. The van der Waals surface area contributed by atoms with Crippen LogP contribution in [-0.4, -0.2) is 6.04 Å². The van der Waals surface area contributed by atoms with E-state index >= 15 is 0 Å². The fraction of sp³-hybridized carbons (Fsp3) is 0.250. The number of benzene rings is 2. The molecule has 2 aromatic rings. The molecule has 2 unspecified atom stereocenters. The summed E-state index contributed by atoms with van der Waals surface area (Å²) >= 11 is 0. The molecule has 2 aromatic carbocycles. The summed E-state index contributed by atoms with van der Waals surface area (Å²) < 4.78 is 0. The SMILES string of the molecule is c1ccc(CONC2CC2c2ccccc2)cc1. The van der Waals surface area contributed by atoms with Crippen LogP contribution in [0.1, 0.15) is 23.5 Å². The summed E-state index contributed by atoms with van der Waals surface area (Å²) in [6.07, 6.45) is 1.17. The van der Waals surface area contributed by atoms with Crippen molar-refractivity contribution in [2.75, 3.05) is 0 Å². The van der Waals surface area contributed by atoms with Gasteiger partial charge in [0.05, 0.1) is 6.61 Å². The van der Waals surface area contributed by atoms with Crippen LogP contribution < -0.4 is 5.48 Å². The summed E-state index contributed by atoms with van der Waals surface area (Å²) in [7, 11) is 0. The highest BCUT2D eigenvalue weighted by Gasteiger charge is 2.38. The third-order valence-corrected chi connectivity index (χ3v) is 3.33. The van der Waals surface area contributed by atoms with E-state index < -0.39 is 0 Å². The predicted octanol–water partition coefficient (Wildman–Crippen LogP) is 3.26. The van der Waals surface area contributed by atoms with Gasteiger partial charge >= 0.3 is 0 Å². The van der Waals surface area contributed by atoms with Crippen molar-refractivity contribution < 1.29 is 4.84 Å².